The molecule has 0 aromatic carbocycles. The van der Waals surface area contributed by atoms with Crippen LogP contribution in [-0.4, -0.2) is 42.0 Å². The lowest BCUT2D eigenvalue weighted by Crippen LogP contribution is -2.39. The van der Waals surface area contributed by atoms with Crippen molar-refractivity contribution in [1.82, 2.24) is 10.2 Å². The van der Waals surface area contributed by atoms with Gasteiger partial charge in [-0.3, -0.25) is 9.59 Å². The number of amides is 2. The Bertz CT molecular complexity index is 817. The summed E-state index contributed by atoms with van der Waals surface area (Å²) < 4.78 is 38.2. The minimum atomic E-state index is -4.48. The Hall–Kier alpha value is -2.83. The molecule has 1 saturated heterocycles. The number of nitrogens with zero attached hydrogens (tertiary/aromatic N) is 1. The van der Waals surface area contributed by atoms with Gasteiger partial charge in [0.05, 0.1) is 5.57 Å². The molecule has 1 aliphatic heterocycles. The first-order valence-corrected chi connectivity index (χ1v) is 10.1. The number of rotatable bonds is 8. The predicted octanol–water partition coefficient (Wildman–Crippen LogP) is 5.18. The number of alkyl halides is 3. The topological polar surface area (TPSA) is 49.4 Å². The van der Waals surface area contributed by atoms with E-state index < -0.39 is 17.8 Å². The van der Waals surface area contributed by atoms with Gasteiger partial charge >= 0.3 is 6.18 Å². The Morgan fingerprint density at radius 2 is 1.94 bits per heavy atom. The van der Waals surface area contributed by atoms with Crippen molar-refractivity contribution in [2.45, 2.75) is 52.3 Å². The van der Waals surface area contributed by atoms with Crippen LogP contribution in [0.5, 0.6) is 0 Å². The molecule has 0 aromatic rings. The third-order valence-electron chi connectivity index (χ3n) is 5.04. The van der Waals surface area contributed by atoms with Crippen molar-refractivity contribution in [3.05, 3.63) is 71.9 Å². The van der Waals surface area contributed by atoms with E-state index in [2.05, 4.69) is 18.5 Å². The summed E-state index contributed by atoms with van der Waals surface area (Å²) in [5.74, 6) is -0.443. The molecule has 1 heterocycles. The summed E-state index contributed by atoms with van der Waals surface area (Å²) >= 11 is 0. The Labute approximate surface area is 182 Å². The monoisotopic (exact) mass is 436 g/mol. The van der Waals surface area contributed by atoms with Gasteiger partial charge in [-0.1, -0.05) is 55.2 Å². The van der Waals surface area contributed by atoms with E-state index in [1.165, 1.54) is 6.08 Å². The zero-order valence-electron chi connectivity index (χ0n) is 18.4. The maximum atomic E-state index is 12.7. The number of likely N-dealkylation sites (tertiary alicyclic amines) is 1. The Morgan fingerprint density at radius 1 is 1.26 bits per heavy atom. The maximum absolute atomic E-state index is 12.7. The largest absolute Gasteiger partial charge is 0.416 e. The first kappa shape index (κ1) is 26.2. The zero-order valence-corrected chi connectivity index (χ0v) is 18.4. The van der Waals surface area contributed by atoms with Crippen molar-refractivity contribution in [2.24, 2.45) is 0 Å². The molecule has 1 atom stereocenters. The van der Waals surface area contributed by atoms with Crippen LogP contribution in [0.25, 0.3) is 0 Å². The highest BCUT2D eigenvalue weighted by atomic mass is 19.4. The molecule has 1 unspecified atom stereocenters. The molecule has 1 fully saturated rings. The molecule has 0 aromatic heterocycles. The van der Waals surface area contributed by atoms with E-state index in [1.807, 2.05) is 25.2 Å². The van der Waals surface area contributed by atoms with Crippen LogP contribution in [0, 0.1) is 0 Å². The molecule has 0 aliphatic carbocycles. The molecule has 7 heteroatoms. The smallest absolute Gasteiger partial charge is 0.350 e. The van der Waals surface area contributed by atoms with Crippen molar-refractivity contribution in [2.75, 3.05) is 13.1 Å². The van der Waals surface area contributed by atoms with Crippen LogP contribution in [0.2, 0.25) is 0 Å². The lowest BCUT2D eigenvalue weighted by atomic mass is 9.98. The lowest BCUT2D eigenvalue weighted by molar-refractivity contribution is -0.133. The molecule has 0 bridgehead atoms. The first-order chi connectivity index (χ1) is 14.5. The number of hydrogen-bond acceptors (Lipinski definition) is 2. The summed E-state index contributed by atoms with van der Waals surface area (Å²) in [6, 6.07) is -0.466. The number of hydrogen-bond donors (Lipinski definition) is 1. The van der Waals surface area contributed by atoms with Gasteiger partial charge in [0.25, 0.3) is 0 Å². The minimum Gasteiger partial charge on any atom is -0.350 e. The number of carbonyl (C=O) groups excluding carboxylic acids is 2. The second kappa shape index (κ2) is 12.1. The highest BCUT2D eigenvalue weighted by molar-refractivity contribution is 5.84. The van der Waals surface area contributed by atoms with Crippen LogP contribution in [0.4, 0.5) is 13.2 Å². The van der Waals surface area contributed by atoms with E-state index in [0.717, 1.165) is 23.3 Å². The van der Waals surface area contributed by atoms with Crippen LogP contribution < -0.4 is 5.32 Å². The summed E-state index contributed by atoms with van der Waals surface area (Å²) in [6.07, 6.45) is 5.02. The van der Waals surface area contributed by atoms with Gasteiger partial charge in [0.15, 0.2) is 0 Å². The minimum absolute atomic E-state index is 0.0120. The van der Waals surface area contributed by atoms with E-state index >= 15 is 0 Å². The van der Waals surface area contributed by atoms with E-state index in [4.69, 9.17) is 0 Å². The van der Waals surface area contributed by atoms with Gasteiger partial charge in [0.2, 0.25) is 11.8 Å². The van der Waals surface area contributed by atoms with Gasteiger partial charge in [0.1, 0.15) is 0 Å². The molecule has 0 spiro atoms. The summed E-state index contributed by atoms with van der Waals surface area (Å²) in [5.41, 5.74) is 1.71. The van der Waals surface area contributed by atoms with Gasteiger partial charge in [-0.05, 0) is 38.3 Å². The lowest BCUT2D eigenvalue weighted by Gasteiger charge is -2.30. The molecule has 31 heavy (non-hydrogen) atoms. The van der Waals surface area contributed by atoms with Gasteiger partial charge in [-0.2, -0.15) is 13.2 Å². The van der Waals surface area contributed by atoms with Crippen LogP contribution in [0.3, 0.4) is 0 Å². The van der Waals surface area contributed by atoms with Crippen LogP contribution in [0.15, 0.2) is 71.9 Å². The summed E-state index contributed by atoms with van der Waals surface area (Å²) in [6.45, 7) is 13.5. The fourth-order valence-corrected chi connectivity index (χ4v) is 2.87. The molecular weight excluding hydrogens is 405 g/mol. The van der Waals surface area contributed by atoms with Crippen LogP contribution in [0.1, 0.15) is 40.0 Å². The standard InChI is InChI=1S/C24H31F3N2O2/c1-6-8-9-20-16-29(15-14-18(20)4)23(31)13-12-22(30)28-19(5)17(3)10-11-21(7-2)24(25,26)27/h6-11,19H,2,4,12-16H2,1,3,5H3,(H,28,30)/b8-6-,17-10+,20-9-,21-11+. The average molecular weight is 437 g/mol. The van der Waals surface area contributed by atoms with E-state index in [-0.39, 0.29) is 24.7 Å². The average Bonchev–Trinajstić information content (AvgIpc) is 2.70. The van der Waals surface area contributed by atoms with Gasteiger partial charge in [-0.15, -0.1) is 0 Å². The van der Waals surface area contributed by atoms with Gasteiger partial charge in [-0.25, -0.2) is 0 Å². The molecule has 1 N–H and O–H groups in total. The Morgan fingerprint density at radius 3 is 2.52 bits per heavy atom. The van der Waals surface area contributed by atoms with E-state index in [9.17, 15) is 22.8 Å². The molecule has 1 rings (SSSR count). The number of allylic oxidation sites excluding steroid dienone is 7. The third-order valence-corrected chi connectivity index (χ3v) is 5.04. The maximum Gasteiger partial charge on any atom is 0.416 e. The number of carbonyl (C=O) groups is 2. The molecule has 2 amide bonds. The van der Waals surface area contributed by atoms with Gasteiger partial charge < -0.3 is 10.2 Å². The quantitative estimate of drug-likeness (QED) is 0.533. The zero-order chi connectivity index (χ0) is 23.6. The highest BCUT2D eigenvalue weighted by Gasteiger charge is 2.30. The number of nitrogens with one attached hydrogen (secondary N) is 1. The second-order valence-electron chi connectivity index (χ2n) is 7.41. The van der Waals surface area contributed by atoms with Crippen molar-refractivity contribution in [3.8, 4) is 0 Å². The Balaban J connectivity index is 2.60. The summed E-state index contributed by atoms with van der Waals surface area (Å²) in [5, 5.41) is 2.71. The summed E-state index contributed by atoms with van der Waals surface area (Å²) in [4.78, 5) is 26.4. The fourth-order valence-electron chi connectivity index (χ4n) is 2.87. The molecule has 0 saturated carbocycles. The van der Waals surface area contributed by atoms with E-state index in [0.29, 0.717) is 25.1 Å². The molecule has 1 aliphatic rings. The van der Waals surface area contributed by atoms with Crippen LogP contribution >= 0.6 is 0 Å². The normalized spacial score (nSPS) is 18.5. The third kappa shape index (κ3) is 8.82. The van der Waals surface area contributed by atoms with Crippen molar-refractivity contribution < 1.29 is 22.8 Å². The molecule has 4 nitrogen and oxygen atoms in total. The predicted molar refractivity (Wildman–Crippen MR) is 118 cm³/mol. The Kier molecular flexibility index (Phi) is 10.3. The van der Waals surface area contributed by atoms with Crippen molar-refractivity contribution in [3.63, 3.8) is 0 Å². The number of halogens is 3. The van der Waals surface area contributed by atoms with E-state index in [1.54, 1.807) is 18.7 Å². The fraction of sp³-hybridized carbons (Fsp3) is 0.417. The summed E-state index contributed by atoms with van der Waals surface area (Å²) in [7, 11) is 0. The first-order valence-electron chi connectivity index (χ1n) is 10.1. The second-order valence-corrected chi connectivity index (χ2v) is 7.41. The van der Waals surface area contributed by atoms with Crippen molar-refractivity contribution >= 4 is 11.8 Å². The van der Waals surface area contributed by atoms with Crippen molar-refractivity contribution in [1.29, 1.82) is 0 Å². The number of piperidine rings is 1. The highest BCUT2D eigenvalue weighted by Crippen LogP contribution is 2.26. The SMILES string of the molecule is C=C/C(=C\C=C(/C)C(C)NC(=O)CCC(=O)N1CCC(=C)/C(=C\C=C/C)C1)C(F)(F)F. The molecule has 0 radical (unpaired) electrons. The van der Waals surface area contributed by atoms with Gasteiger partial charge in [0, 0.05) is 32.0 Å². The molecule has 170 valence electrons. The van der Waals surface area contributed by atoms with Crippen LogP contribution in [-0.2, 0) is 9.59 Å². The molecular formula is C24H31F3N2O2.